The van der Waals surface area contributed by atoms with E-state index in [0.717, 1.165) is 4.68 Å². The maximum absolute atomic E-state index is 13.2. The van der Waals surface area contributed by atoms with Crippen molar-refractivity contribution < 1.29 is 19.2 Å². The van der Waals surface area contributed by atoms with E-state index in [0.29, 0.717) is 27.9 Å². The van der Waals surface area contributed by atoms with Gasteiger partial charge in [-0.2, -0.15) is 9.78 Å². The molecule has 1 aromatic heterocycles. The highest BCUT2D eigenvalue weighted by molar-refractivity contribution is 5.83. The van der Waals surface area contributed by atoms with Gasteiger partial charge in [0.2, 0.25) is 0 Å². The van der Waals surface area contributed by atoms with Crippen molar-refractivity contribution >= 4 is 28.8 Å². The lowest BCUT2D eigenvalue weighted by Gasteiger charge is -2.12. The molecule has 176 valence electrons. The summed E-state index contributed by atoms with van der Waals surface area (Å²) in [6.45, 7) is 1.43. The molecule has 0 unspecified atom stereocenters. The van der Waals surface area contributed by atoms with Gasteiger partial charge in [-0.3, -0.25) is 14.9 Å². The number of aromatic nitrogens is 2. The van der Waals surface area contributed by atoms with E-state index in [1.165, 1.54) is 38.4 Å². The average Bonchev–Trinajstić information content (AvgIpc) is 2.88. The van der Waals surface area contributed by atoms with E-state index in [-0.39, 0.29) is 17.0 Å². The maximum atomic E-state index is 13.2. The highest BCUT2D eigenvalue weighted by Gasteiger charge is 2.22. The van der Waals surface area contributed by atoms with Gasteiger partial charge >= 0.3 is 11.7 Å². The third-order valence-corrected chi connectivity index (χ3v) is 5.12. The molecule has 0 aliphatic rings. The minimum absolute atomic E-state index is 0.0976. The molecule has 0 amide bonds. The van der Waals surface area contributed by atoms with Crippen LogP contribution >= 0.6 is 0 Å². The highest BCUT2D eigenvalue weighted by Crippen LogP contribution is 2.29. The fourth-order valence-corrected chi connectivity index (χ4v) is 3.39. The van der Waals surface area contributed by atoms with Crippen molar-refractivity contribution in [3.05, 3.63) is 98.8 Å². The summed E-state index contributed by atoms with van der Waals surface area (Å²) in [5.74, 6) is -0.437. The van der Waals surface area contributed by atoms with Crippen LogP contribution in [-0.2, 0) is 9.53 Å². The summed E-state index contributed by atoms with van der Waals surface area (Å²) < 4.78 is 11.1. The number of nitro benzene ring substituents is 1. The predicted octanol–water partition coefficient (Wildman–Crippen LogP) is 3.79. The molecule has 35 heavy (non-hydrogen) atoms. The van der Waals surface area contributed by atoms with Gasteiger partial charge in [0, 0.05) is 17.2 Å². The van der Waals surface area contributed by atoms with Crippen LogP contribution in [0.2, 0.25) is 0 Å². The number of rotatable bonds is 7. The highest BCUT2D eigenvalue weighted by atomic mass is 16.6. The lowest BCUT2D eigenvalue weighted by molar-refractivity contribution is -0.386. The lowest BCUT2D eigenvalue weighted by Crippen LogP contribution is -2.25. The van der Waals surface area contributed by atoms with Crippen molar-refractivity contribution in [2.45, 2.75) is 13.0 Å². The van der Waals surface area contributed by atoms with Crippen molar-refractivity contribution in [1.82, 2.24) is 9.66 Å². The third kappa shape index (κ3) is 4.91. The van der Waals surface area contributed by atoms with Crippen LogP contribution in [0.3, 0.4) is 0 Å². The van der Waals surface area contributed by atoms with Crippen LogP contribution in [0.5, 0.6) is 5.75 Å². The van der Waals surface area contributed by atoms with E-state index in [4.69, 9.17) is 4.74 Å². The normalized spacial score (nSPS) is 11.9. The Labute approximate surface area is 199 Å². The number of esters is 1. The minimum Gasteiger partial charge on any atom is -0.472 e. The smallest absolute Gasteiger partial charge is 0.346 e. The topological polar surface area (TPSA) is 126 Å². The number of nitrogens with zero attached hydrogens (tertiary/aromatic N) is 4. The molecule has 0 radical (unpaired) electrons. The Balaban J connectivity index is 1.77. The fourth-order valence-electron chi connectivity index (χ4n) is 3.39. The van der Waals surface area contributed by atoms with Crippen molar-refractivity contribution in [2.24, 2.45) is 5.10 Å². The molecule has 0 aliphatic carbocycles. The van der Waals surface area contributed by atoms with E-state index >= 15 is 0 Å². The van der Waals surface area contributed by atoms with Gasteiger partial charge in [-0.05, 0) is 31.2 Å². The summed E-state index contributed by atoms with van der Waals surface area (Å²) in [6, 6.07) is 20.2. The summed E-state index contributed by atoms with van der Waals surface area (Å²) in [6.07, 6.45) is 0.291. The first-order chi connectivity index (χ1) is 16.9. The minimum atomic E-state index is -1.03. The molecule has 4 rings (SSSR count). The summed E-state index contributed by atoms with van der Waals surface area (Å²) in [4.78, 5) is 40.4. The number of hydrogen-bond acceptors (Lipinski definition) is 8. The van der Waals surface area contributed by atoms with Crippen LogP contribution in [0.15, 0.2) is 82.7 Å². The van der Waals surface area contributed by atoms with Crippen LogP contribution in [0, 0.1) is 10.1 Å². The fraction of sp³-hybridized carbons (Fsp3) is 0.120. The van der Waals surface area contributed by atoms with Crippen molar-refractivity contribution in [2.75, 3.05) is 7.11 Å². The molecule has 0 fully saturated rings. The molecule has 0 spiro atoms. The van der Waals surface area contributed by atoms with Gasteiger partial charge in [-0.1, -0.05) is 42.5 Å². The number of carbonyl (C=O) groups is 1. The molecular weight excluding hydrogens is 452 g/mol. The quantitative estimate of drug-likeness (QED) is 0.173. The largest absolute Gasteiger partial charge is 0.472 e. The number of methoxy groups -OCH3 is 1. The first kappa shape index (κ1) is 23.3. The van der Waals surface area contributed by atoms with Crippen molar-refractivity contribution in [1.29, 1.82) is 0 Å². The molecule has 10 heteroatoms. The SMILES string of the molecule is COC(=O)[C@H](C)Oc1ccc(C=Nn2c(-c3ccccc3)nc3ccccc3c2=O)cc1[N+](=O)[O-]. The average molecular weight is 472 g/mol. The number of para-hydroxylation sites is 1. The van der Waals surface area contributed by atoms with E-state index in [2.05, 4.69) is 14.8 Å². The Bertz CT molecular complexity index is 1500. The maximum Gasteiger partial charge on any atom is 0.346 e. The standard InChI is InChI=1S/C25H20N4O6/c1-16(25(31)34-2)35-22-13-12-17(14-21(22)29(32)33)15-26-28-23(18-8-4-3-5-9-18)27-20-11-7-6-10-19(20)24(28)30/h3-16H,1-2H3/t16-/m0/s1. The van der Waals surface area contributed by atoms with Crippen LogP contribution in [0.4, 0.5) is 5.69 Å². The van der Waals surface area contributed by atoms with Gasteiger partial charge in [0.25, 0.3) is 5.56 Å². The first-order valence-electron chi connectivity index (χ1n) is 10.5. The Hall–Kier alpha value is -4.86. The predicted molar refractivity (Wildman–Crippen MR) is 130 cm³/mol. The zero-order valence-corrected chi connectivity index (χ0v) is 18.8. The summed E-state index contributed by atoms with van der Waals surface area (Å²) in [7, 11) is 1.20. The molecule has 1 atom stereocenters. The molecular formula is C25H20N4O6. The van der Waals surface area contributed by atoms with Gasteiger partial charge in [0.15, 0.2) is 17.7 Å². The van der Waals surface area contributed by atoms with Crippen LogP contribution in [0.25, 0.3) is 22.3 Å². The van der Waals surface area contributed by atoms with E-state index in [9.17, 15) is 19.7 Å². The molecule has 0 N–H and O–H groups in total. The van der Waals surface area contributed by atoms with Crippen molar-refractivity contribution in [3.63, 3.8) is 0 Å². The van der Waals surface area contributed by atoms with Gasteiger partial charge in [-0.15, -0.1) is 0 Å². The number of nitro groups is 1. The second-order valence-electron chi connectivity index (χ2n) is 7.45. The Morgan fingerprint density at radius 3 is 2.54 bits per heavy atom. The van der Waals surface area contributed by atoms with Crippen molar-refractivity contribution in [3.8, 4) is 17.1 Å². The van der Waals surface area contributed by atoms with Crippen LogP contribution < -0.4 is 10.3 Å². The molecule has 3 aromatic carbocycles. The number of ether oxygens (including phenoxy) is 2. The van der Waals surface area contributed by atoms with E-state index < -0.39 is 17.0 Å². The number of benzene rings is 3. The monoisotopic (exact) mass is 472 g/mol. The van der Waals surface area contributed by atoms with Gasteiger partial charge in [-0.25, -0.2) is 9.78 Å². The van der Waals surface area contributed by atoms with Gasteiger partial charge in [0.05, 0.1) is 29.2 Å². The molecule has 0 saturated heterocycles. The summed E-state index contributed by atoms with van der Waals surface area (Å²) in [5, 5.41) is 16.3. The zero-order valence-electron chi connectivity index (χ0n) is 18.8. The zero-order chi connectivity index (χ0) is 24.9. The first-order valence-corrected chi connectivity index (χ1v) is 10.5. The van der Waals surface area contributed by atoms with E-state index in [1.54, 1.807) is 24.3 Å². The second-order valence-corrected chi connectivity index (χ2v) is 7.45. The van der Waals surface area contributed by atoms with E-state index in [1.807, 2.05) is 30.3 Å². The summed E-state index contributed by atoms with van der Waals surface area (Å²) >= 11 is 0. The number of fused-ring (bicyclic) bond motifs is 1. The number of hydrogen-bond donors (Lipinski definition) is 0. The summed E-state index contributed by atoms with van der Waals surface area (Å²) in [5.41, 5.74) is 0.802. The molecule has 4 aromatic rings. The van der Waals surface area contributed by atoms with Gasteiger partial charge in [0.1, 0.15) is 0 Å². The Morgan fingerprint density at radius 2 is 1.83 bits per heavy atom. The molecule has 0 bridgehead atoms. The number of carbonyl (C=O) groups excluding carboxylic acids is 1. The molecule has 10 nitrogen and oxygen atoms in total. The third-order valence-electron chi connectivity index (χ3n) is 5.12. The molecule has 0 aliphatic heterocycles. The van der Waals surface area contributed by atoms with Gasteiger partial charge < -0.3 is 9.47 Å². The molecule has 1 heterocycles. The van der Waals surface area contributed by atoms with Crippen LogP contribution in [0.1, 0.15) is 12.5 Å². The lowest BCUT2D eigenvalue weighted by atomic mass is 10.2. The van der Waals surface area contributed by atoms with Crippen LogP contribution in [-0.4, -0.2) is 40.0 Å². The molecule has 0 saturated carbocycles. The Kier molecular flexibility index (Phi) is 6.63. The Morgan fingerprint density at radius 1 is 1.11 bits per heavy atom. The second kappa shape index (κ2) is 9.96.